The first-order valence-electron chi connectivity index (χ1n) is 4.79. The second-order valence-corrected chi connectivity index (χ2v) is 3.26. The smallest absolute Gasteiger partial charge is 0.331 e. The average Bonchev–Trinajstić information content (AvgIpc) is 2.83. The van der Waals surface area contributed by atoms with E-state index in [9.17, 15) is 4.79 Å². The summed E-state index contributed by atoms with van der Waals surface area (Å²) in [6.45, 7) is -0.0468. The third-order valence-electron chi connectivity index (χ3n) is 2.10. The maximum atomic E-state index is 11.6. The first-order chi connectivity index (χ1) is 7.79. The molecule has 1 aromatic carbocycles. The molecule has 0 aliphatic heterocycles. The Kier molecular flexibility index (Phi) is 2.98. The Balaban J connectivity index is 2.12. The van der Waals surface area contributed by atoms with E-state index in [1.165, 1.54) is 17.1 Å². The molecule has 0 aliphatic rings. The van der Waals surface area contributed by atoms with Crippen molar-refractivity contribution >= 4 is 11.7 Å². The summed E-state index contributed by atoms with van der Waals surface area (Å²) >= 11 is 0. The minimum atomic E-state index is -0.285. The zero-order chi connectivity index (χ0) is 11.4. The van der Waals surface area contributed by atoms with Crippen molar-refractivity contribution in [2.24, 2.45) is 0 Å². The monoisotopic (exact) mass is 217 g/mol. The first kappa shape index (κ1) is 10.4. The number of hydrogen-bond acceptors (Lipinski definition) is 3. The first-order valence-corrected chi connectivity index (χ1v) is 4.79. The van der Waals surface area contributed by atoms with Crippen molar-refractivity contribution in [3.05, 3.63) is 48.5 Å². The van der Waals surface area contributed by atoms with Gasteiger partial charge >= 0.3 is 6.03 Å². The molecule has 5 nitrogen and oxygen atoms in total. The number of aromatic nitrogens is 2. The Morgan fingerprint density at radius 2 is 2.38 bits per heavy atom. The summed E-state index contributed by atoms with van der Waals surface area (Å²) in [5.41, 5.74) is 1.40. The molecule has 2 rings (SSSR count). The van der Waals surface area contributed by atoms with Crippen LogP contribution in [0.15, 0.2) is 43.0 Å². The Labute approximate surface area is 92.4 Å². The number of imidazole rings is 1. The molecular weight excluding hydrogens is 206 g/mol. The van der Waals surface area contributed by atoms with E-state index in [1.54, 1.807) is 30.5 Å². The highest BCUT2D eigenvalue weighted by Crippen LogP contribution is 2.10. The number of benzene rings is 1. The topological polar surface area (TPSA) is 67.2 Å². The summed E-state index contributed by atoms with van der Waals surface area (Å²) in [5, 5.41) is 11.6. The molecule has 82 valence electrons. The van der Waals surface area contributed by atoms with Gasteiger partial charge in [0, 0.05) is 18.1 Å². The Bertz CT molecular complexity index is 480. The number of carbonyl (C=O) groups is 1. The van der Waals surface area contributed by atoms with E-state index in [0.717, 1.165) is 5.56 Å². The van der Waals surface area contributed by atoms with Crippen LogP contribution in [-0.4, -0.2) is 20.7 Å². The number of carbonyl (C=O) groups excluding carboxylic acids is 1. The summed E-state index contributed by atoms with van der Waals surface area (Å²) < 4.78 is 1.34. The summed E-state index contributed by atoms with van der Waals surface area (Å²) in [5.74, 6) is 0. The number of amides is 1. The van der Waals surface area contributed by atoms with Crippen LogP contribution in [0.3, 0.4) is 0 Å². The molecule has 0 unspecified atom stereocenters. The SMILES string of the molecule is O=C(Nc1cccc(CO)c1)n1ccnc1. The number of rotatable bonds is 2. The van der Waals surface area contributed by atoms with Gasteiger partial charge in [-0.05, 0) is 17.7 Å². The molecule has 0 fully saturated rings. The summed E-state index contributed by atoms with van der Waals surface area (Å²) in [7, 11) is 0. The highest BCUT2D eigenvalue weighted by molar-refractivity contribution is 5.90. The number of aliphatic hydroxyl groups excluding tert-OH is 1. The highest BCUT2D eigenvalue weighted by Gasteiger charge is 2.03. The third kappa shape index (κ3) is 2.26. The predicted molar refractivity (Wildman–Crippen MR) is 59.0 cm³/mol. The average molecular weight is 217 g/mol. The van der Waals surface area contributed by atoms with E-state index in [-0.39, 0.29) is 12.6 Å². The van der Waals surface area contributed by atoms with Crippen LogP contribution in [-0.2, 0) is 6.61 Å². The van der Waals surface area contributed by atoms with Crippen LogP contribution in [0.2, 0.25) is 0 Å². The van der Waals surface area contributed by atoms with Gasteiger partial charge < -0.3 is 10.4 Å². The fourth-order valence-corrected chi connectivity index (χ4v) is 1.31. The molecule has 0 radical (unpaired) electrons. The van der Waals surface area contributed by atoms with Crippen LogP contribution in [0.5, 0.6) is 0 Å². The fourth-order valence-electron chi connectivity index (χ4n) is 1.31. The Morgan fingerprint density at radius 1 is 1.50 bits per heavy atom. The quantitative estimate of drug-likeness (QED) is 0.800. The number of aliphatic hydroxyl groups is 1. The van der Waals surface area contributed by atoms with Gasteiger partial charge in [0.15, 0.2) is 0 Å². The van der Waals surface area contributed by atoms with Crippen molar-refractivity contribution < 1.29 is 9.90 Å². The van der Waals surface area contributed by atoms with Crippen molar-refractivity contribution in [3.63, 3.8) is 0 Å². The largest absolute Gasteiger partial charge is 0.392 e. The van der Waals surface area contributed by atoms with Crippen LogP contribution in [0.25, 0.3) is 0 Å². The molecule has 0 aliphatic carbocycles. The molecule has 2 N–H and O–H groups in total. The van der Waals surface area contributed by atoms with Gasteiger partial charge in [-0.15, -0.1) is 0 Å². The van der Waals surface area contributed by atoms with Crippen LogP contribution in [0.4, 0.5) is 10.5 Å². The lowest BCUT2D eigenvalue weighted by atomic mass is 10.2. The Morgan fingerprint density at radius 3 is 3.06 bits per heavy atom. The molecular formula is C11H11N3O2. The predicted octanol–water partition coefficient (Wildman–Crippen LogP) is 1.46. The van der Waals surface area contributed by atoms with Crippen LogP contribution >= 0.6 is 0 Å². The number of hydrogen-bond donors (Lipinski definition) is 2. The molecule has 5 heteroatoms. The summed E-state index contributed by atoms with van der Waals surface area (Å²) in [4.78, 5) is 15.4. The molecule has 0 atom stereocenters. The second-order valence-electron chi connectivity index (χ2n) is 3.26. The van der Waals surface area contributed by atoms with E-state index in [1.807, 2.05) is 0 Å². The molecule has 0 saturated heterocycles. The molecule has 0 bridgehead atoms. The van der Waals surface area contributed by atoms with E-state index < -0.39 is 0 Å². The van der Waals surface area contributed by atoms with Gasteiger partial charge in [0.05, 0.1) is 6.61 Å². The van der Waals surface area contributed by atoms with E-state index >= 15 is 0 Å². The van der Waals surface area contributed by atoms with Crippen molar-refractivity contribution in [1.82, 2.24) is 9.55 Å². The number of nitrogens with zero attached hydrogens (tertiary/aromatic N) is 2. The Hall–Kier alpha value is -2.14. The van der Waals surface area contributed by atoms with Gasteiger partial charge in [-0.25, -0.2) is 9.78 Å². The number of anilines is 1. The van der Waals surface area contributed by atoms with Crippen LogP contribution in [0, 0.1) is 0 Å². The lowest BCUT2D eigenvalue weighted by molar-refractivity contribution is 0.253. The van der Waals surface area contributed by atoms with E-state index in [2.05, 4.69) is 10.3 Å². The third-order valence-corrected chi connectivity index (χ3v) is 2.10. The van der Waals surface area contributed by atoms with Crippen LogP contribution < -0.4 is 5.32 Å². The van der Waals surface area contributed by atoms with E-state index in [4.69, 9.17) is 5.11 Å². The minimum Gasteiger partial charge on any atom is -0.392 e. The van der Waals surface area contributed by atoms with Gasteiger partial charge in [0.1, 0.15) is 6.33 Å². The van der Waals surface area contributed by atoms with Gasteiger partial charge in [-0.2, -0.15) is 0 Å². The number of nitrogens with one attached hydrogen (secondary N) is 1. The van der Waals surface area contributed by atoms with Crippen molar-refractivity contribution in [2.75, 3.05) is 5.32 Å². The van der Waals surface area contributed by atoms with Crippen molar-refractivity contribution in [1.29, 1.82) is 0 Å². The molecule has 1 amide bonds. The van der Waals surface area contributed by atoms with Gasteiger partial charge in [-0.3, -0.25) is 4.57 Å². The molecule has 16 heavy (non-hydrogen) atoms. The molecule has 1 aromatic heterocycles. The van der Waals surface area contributed by atoms with E-state index in [0.29, 0.717) is 5.69 Å². The summed E-state index contributed by atoms with van der Waals surface area (Å²) in [6, 6.07) is 6.75. The standard InChI is InChI=1S/C11H11N3O2/c15-7-9-2-1-3-10(6-9)13-11(16)14-5-4-12-8-14/h1-6,8,15H,7H2,(H,13,16). The minimum absolute atomic E-state index is 0.0468. The zero-order valence-corrected chi connectivity index (χ0v) is 8.50. The molecule has 1 heterocycles. The summed E-state index contributed by atoms with van der Waals surface area (Å²) in [6.07, 6.45) is 4.51. The fraction of sp³-hybridized carbons (Fsp3) is 0.0909. The molecule has 0 saturated carbocycles. The maximum Gasteiger partial charge on any atom is 0.331 e. The van der Waals surface area contributed by atoms with Crippen molar-refractivity contribution in [3.8, 4) is 0 Å². The van der Waals surface area contributed by atoms with Crippen molar-refractivity contribution in [2.45, 2.75) is 6.61 Å². The zero-order valence-electron chi connectivity index (χ0n) is 8.50. The highest BCUT2D eigenvalue weighted by atomic mass is 16.3. The maximum absolute atomic E-state index is 11.6. The molecule has 2 aromatic rings. The van der Waals surface area contributed by atoms with Crippen LogP contribution in [0.1, 0.15) is 5.56 Å². The second kappa shape index (κ2) is 4.59. The van der Waals surface area contributed by atoms with Gasteiger partial charge in [0.25, 0.3) is 0 Å². The lowest BCUT2D eigenvalue weighted by Crippen LogP contribution is -2.17. The van der Waals surface area contributed by atoms with Gasteiger partial charge in [-0.1, -0.05) is 12.1 Å². The van der Waals surface area contributed by atoms with Gasteiger partial charge in [0.2, 0.25) is 0 Å². The molecule has 0 spiro atoms. The lowest BCUT2D eigenvalue weighted by Gasteiger charge is -2.06. The normalized spacial score (nSPS) is 10.1.